The number of rotatable bonds is 3. The molecule has 0 radical (unpaired) electrons. The minimum Gasteiger partial charge on any atom is -0.300 e. The van der Waals surface area contributed by atoms with Crippen molar-refractivity contribution in [3.63, 3.8) is 0 Å². The molecule has 0 bridgehead atoms. The van der Waals surface area contributed by atoms with Crippen molar-refractivity contribution in [2.75, 3.05) is 0 Å². The number of hydrogen-bond acceptors (Lipinski definition) is 2. The van der Waals surface area contributed by atoms with Crippen molar-refractivity contribution in [3.05, 3.63) is 29.8 Å². The molecular weight excluding hydrogens is 166 g/mol. The Morgan fingerprint density at radius 2 is 2.15 bits per heavy atom. The molecule has 0 aromatic heterocycles. The van der Waals surface area contributed by atoms with E-state index in [-0.39, 0.29) is 5.78 Å². The van der Waals surface area contributed by atoms with Gasteiger partial charge in [-0.3, -0.25) is 10.0 Å². The van der Waals surface area contributed by atoms with Crippen molar-refractivity contribution >= 4 is 18.2 Å². The number of carbonyl (C=O) groups excluding carboxylic acids is 1. The average Bonchev–Trinajstić information content (AvgIpc) is 2.03. The monoisotopic (exact) mass is 178 g/mol. The van der Waals surface area contributed by atoms with Gasteiger partial charge in [-0.05, 0) is 6.92 Å². The Morgan fingerprint density at radius 1 is 1.54 bits per heavy atom. The molecule has 0 fully saturated rings. The Balaban J connectivity index is 3.04. The lowest BCUT2D eigenvalue weighted by Gasteiger charge is -1.98. The Morgan fingerprint density at radius 3 is 2.69 bits per heavy atom. The summed E-state index contributed by atoms with van der Waals surface area (Å²) in [6.45, 7) is 4.87. The van der Waals surface area contributed by atoms with Gasteiger partial charge in [-0.25, -0.2) is 0 Å². The van der Waals surface area contributed by atoms with Gasteiger partial charge in [-0.1, -0.05) is 18.2 Å². The maximum Gasteiger partial charge on any atom is 0.260 e. The molecule has 3 nitrogen and oxygen atoms in total. The summed E-state index contributed by atoms with van der Waals surface area (Å²) in [6, 6.07) is 7.12. The second-order valence-electron chi connectivity index (χ2n) is 2.91. The molecule has 0 saturated carbocycles. The molecule has 0 aliphatic heterocycles. The minimum absolute atomic E-state index is 0.0642. The number of nitrogens with zero attached hydrogens (tertiary/aromatic N) is 1. The van der Waals surface area contributed by atoms with Gasteiger partial charge in [0, 0.05) is 22.8 Å². The van der Waals surface area contributed by atoms with Crippen molar-refractivity contribution in [3.8, 4) is 0 Å². The third kappa shape index (κ3) is 2.40. The fourth-order valence-electron chi connectivity index (χ4n) is 1.18. The summed E-state index contributed by atoms with van der Waals surface area (Å²) in [4.78, 5) is 10.9. The number of hydrogen-bond donors (Lipinski definition) is 1. The van der Waals surface area contributed by atoms with Crippen LogP contribution in [0.15, 0.2) is 24.3 Å². The van der Waals surface area contributed by atoms with Crippen LogP contribution < -0.4 is 0 Å². The van der Waals surface area contributed by atoms with Gasteiger partial charge >= 0.3 is 0 Å². The quantitative estimate of drug-likeness (QED) is 0.330. The zero-order chi connectivity index (χ0) is 9.84. The molecule has 0 heterocycles. The van der Waals surface area contributed by atoms with Crippen LogP contribution >= 0.6 is 0 Å². The molecule has 0 spiro atoms. The number of benzene rings is 1. The van der Waals surface area contributed by atoms with E-state index in [1.165, 1.54) is 6.92 Å². The Labute approximate surface area is 76.9 Å². The lowest BCUT2D eigenvalue weighted by atomic mass is 10.1. The van der Waals surface area contributed by atoms with E-state index in [1.807, 2.05) is 6.07 Å². The molecule has 0 aliphatic carbocycles. The molecule has 1 aromatic carbocycles. The van der Waals surface area contributed by atoms with Gasteiger partial charge in [0.25, 0.3) is 5.69 Å². The van der Waals surface area contributed by atoms with E-state index in [0.29, 0.717) is 12.1 Å². The van der Waals surface area contributed by atoms with Gasteiger partial charge in [-0.15, -0.1) is 0 Å². The average molecular weight is 178 g/mol. The largest absolute Gasteiger partial charge is 0.300 e. The highest BCUT2D eigenvalue weighted by Gasteiger charge is 2.12. The van der Waals surface area contributed by atoms with Crippen molar-refractivity contribution in [2.24, 2.45) is 0 Å². The molecule has 1 rings (SSSR count). The van der Waals surface area contributed by atoms with Crippen LogP contribution in [0.1, 0.15) is 12.5 Å². The zero-order valence-electron chi connectivity index (χ0n) is 7.53. The second kappa shape index (κ2) is 3.85. The van der Waals surface area contributed by atoms with E-state index >= 15 is 0 Å². The van der Waals surface area contributed by atoms with E-state index in [4.69, 9.17) is 5.21 Å². The molecule has 13 heavy (non-hydrogen) atoms. The van der Waals surface area contributed by atoms with Gasteiger partial charge in [0.05, 0.1) is 0 Å². The predicted molar refractivity (Wildman–Crippen MR) is 49.7 cm³/mol. The fourth-order valence-corrected chi connectivity index (χ4v) is 1.18. The van der Waals surface area contributed by atoms with E-state index in [9.17, 15) is 4.79 Å². The standard InChI is InChI=1S/C10H12NO2/c1-8(12)7-9-5-3-4-6-10(9)11(2)13/h3-6,13H,2,7H2,1H3/q+1. The fraction of sp³-hybridized carbons (Fsp3) is 0.200. The van der Waals surface area contributed by atoms with E-state index in [2.05, 4.69) is 6.72 Å². The van der Waals surface area contributed by atoms with Crippen molar-refractivity contribution in [1.29, 1.82) is 0 Å². The highest BCUT2D eigenvalue weighted by molar-refractivity contribution is 5.79. The summed E-state index contributed by atoms with van der Waals surface area (Å²) in [5.74, 6) is 0.0642. The molecule has 0 amide bonds. The second-order valence-corrected chi connectivity index (χ2v) is 2.91. The van der Waals surface area contributed by atoms with E-state index < -0.39 is 0 Å². The number of Topliss-reactive ketones (excluding diaryl/α,β-unsaturated/α-hetero) is 1. The molecule has 0 atom stereocenters. The third-order valence-corrected chi connectivity index (χ3v) is 1.71. The van der Waals surface area contributed by atoms with Crippen LogP contribution in [-0.4, -0.2) is 22.4 Å². The number of carbonyl (C=O) groups is 1. The lowest BCUT2D eigenvalue weighted by molar-refractivity contribution is -0.706. The molecule has 0 saturated heterocycles. The van der Waals surface area contributed by atoms with Crippen LogP contribution in [0.3, 0.4) is 0 Å². The molecular formula is C10H12NO2+. The van der Waals surface area contributed by atoms with Crippen molar-refractivity contribution < 1.29 is 14.7 Å². The first-order chi connectivity index (χ1) is 6.11. The summed E-state index contributed by atoms with van der Waals surface area (Å²) in [5, 5.41) is 9.13. The van der Waals surface area contributed by atoms with Crippen LogP contribution in [-0.2, 0) is 11.2 Å². The molecule has 68 valence electrons. The van der Waals surface area contributed by atoms with Gasteiger partial charge in [0.2, 0.25) is 0 Å². The summed E-state index contributed by atoms with van der Waals surface area (Å²) in [7, 11) is 0. The Hall–Kier alpha value is -1.64. The van der Waals surface area contributed by atoms with Gasteiger partial charge < -0.3 is 0 Å². The zero-order valence-corrected chi connectivity index (χ0v) is 7.53. The SMILES string of the molecule is C=[N+](O)c1ccccc1CC(C)=O. The van der Waals surface area contributed by atoms with Crippen molar-refractivity contribution in [1.82, 2.24) is 0 Å². The molecule has 1 aromatic rings. The van der Waals surface area contributed by atoms with Gasteiger partial charge in [0.1, 0.15) is 5.78 Å². The normalized spacial score (nSPS) is 9.62. The molecule has 3 heteroatoms. The highest BCUT2D eigenvalue weighted by Crippen LogP contribution is 2.17. The van der Waals surface area contributed by atoms with Crippen LogP contribution in [0.5, 0.6) is 0 Å². The van der Waals surface area contributed by atoms with Crippen LogP contribution in [0.4, 0.5) is 5.69 Å². The maximum atomic E-state index is 10.9. The molecule has 0 unspecified atom stereocenters. The first-order valence-corrected chi connectivity index (χ1v) is 3.98. The first kappa shape index (κ1) is 9.45. The smallest absolute Gasteiger partial charge is 0.260 e. The van der Waals surface area contributed by atoms with E-state index in [1.54, 1.807) is 18.2 Å². The third-order valence-electron chi connectivity index (χ3n) is 1.71. The summed E-state index contributed by atoms with van der Waals surface area (Å²) < 4.78 is 0.776. The molecule has 0 aliphatic rings. The topological polar surface area (TPSA) is 40.3 Å². The van der Waals surface area contributed by atoms with Crippen LogP contribution in [0, 0.1) is 0 Å². The minimum atomic E-state index is 0.0642. The van der Waals surface area contributed by atoms with E-state index in [0.717, 1.165) is 10.3 Å². The summed E-state index contributed by atoms with van der Waals surface area (Å²) in [5.41, 5.74) is 1.35. The predicted octanol–water partition coefficient (Wildman–Crippen LogP) is 1.55. The van der Waals surface area contributed by atoms with Gasteiger partial charge in [0.15, 0.2) is 6.72 Å². The number of ketones is 1. The van der Waals surface area contributed by atoms with Crippen LogP contribution in [0.25, 0.3) is 0 Å². The summed E-state index contributed by atoms with van der Waals surface area (Å²) in [6.07, 6.45) is 0.322. The van der Waals surface area contributed by atoms with Gasteiger partial charge in [-0.2, -0.15) is 0 Å². The first-order valence-electron chi connectivity index (χ1n) is 3.98. The lowest BCUT2D eigenvalue weighted by Crippen LogP contribution is -2.02. The maximum absolute atomic E-state index is 10.9. The molecule has 1 N–H and O–H groups in total. The number of para-hydroxylation sites is 1. The Bertz CT molecular complexity index is 345. The Kier molecular flexibility index (Phi) is 2.80. The van der Waals surface area contributed by atoms with Crippen molar-refractivity contribution in [2.45, 2.75) is 13.3 Å². The summed E-state index contributed by atoms with van der Waals surface area (Å²) >= 11 is 0. The van der Waals surface area contributed by atoms with Crippen LogP contribution in [0.2, 0.25) is 0 Å². The highest BCUT2D eigenvalue weighted by atomic mass is 16.5.